The van der Waals surface area contributed by atoms with Crippen molar-refractivity contribution in [2.75, 3.05) is 13.1 Å². The van der Waals surface area contributed by atoms with Crippen LogP contribution in [0.1, 0.15) is 18.4 Å². The Hall–Kier alpha value is -1.56. The second-order valence-corrected chi connectivity index (χ2v) is 5.44. The van der Waals surface area contributed by atoms with Crippen LogP contribution in [-0.2, 0) is 11.2 Å². The van der Waals surface area contributed by atoms with Crippen LogP contribution in [0.4, 0.5) is 13.2 Å². The number of carbonyl (C=O) groups is 1. The van der Waals surface area contributed by atoms with Crippen molar-refractivity contribution in [3.8, 4) is 0 Å². The molecule has 1 aliphatic rings. The maximum absolute atomic E-state index is 12.6. The molecule has 21 heavy (non-hydrogen) atoms. The van der Waals surface area contributed by atoms with E-state index < -0.39 is 18.1 Å². The summed E-state index contributed by atoms with van der Waals surface area (Å²) in [6, 6.07) is 8.66. The molecule has 1 saturated heterocycles. The van der Waals surface area contributed by atoms with E-state index in [0.717, 1.165) is 5.56 Å². The monoisotopic (exact) mass is 300 g/mol. The predicted molar refractivity (Wildman–Crippen MR) is 73.5 cm³/mol. The largest absolute Gasteiger partial charge is 0.391 e. The van der Waals surface area contributed by atoms with Gasteiger partial charge in [-0.2, -0.15) is 13.2 Å². The van der Waals surface area contributed by atoms with E-state index in [1.54, 1.807) is 0 Å². The molecule has 0 saturated carbocycles. The number of likely N-dealkylation sites (tertiary alicyclic amines) is 1. The van der Waals surface area contributed by atoms with Gasteiger partial charge in [-0.3, -0.25) is 4.79 Å². The van der Waals surface area contributed by atoms with Gasteiger partial charge in [-0.05, 0) is 24.8 Å². The number of nitrogens with two attached hydrogens (primary N) is 1. The van der Waals surface area contributed by atoms with Crippen molar-refractivity contribution in [1.82, 2.24) is 4.90 Å². The quantitative estimate of drug-likeness (QED) is 0.931. The molecule has 1 aromatic rings. The highest BCUT2D eigenvalue weighted by Crippen LogP contribution is 2.34. The molecule has 1 amide bonds. The summed E-state index contributed by atoms with van der Waals surface area (Å²) >= 11 is 0. The first-order valence-electron chi connectivity index (χ1n) is 7.03. The van der Waals surface area contributed by atoms with Gasteiger partial charge in [0.15, 0.2) is 0 Å². The van der Waals surface area contributed by atoms with E-state index in [0.29, 0.717) is 6.42 Å². The van der Waals surface area contributed by atoms with E-state index in [1.165, 1.54) is 4.90 Å². The summed E-state index contributed by atoms with van der Waals surface area (Å²) in [5.41, 5.74) is 6.83. The molecule has 0 spiro atoms. The van der Waals surface area contributed by atoms with Crippen molar-refractivity contribution in [1.29, 1.82) is 0 Å². The van der Waals surface area contributed by atoms with Gasteiger partial charge in [0.1, 0.15) is 0 Å². The molecule has 6 heteroatoms. The van der Waals surface area contributed by atoms with Crippen LogP contribution < -0.4 is 5.73 Å². The minimum atomic E-state index is -4.17. The standard InChI is InChI=1S/C15H19F3N2O/c16-15(17,18)12-6-8-20(9-7-12)14(21)13(19)10-11-4-2-1-3-5-11/h1-5,12-13H,6-10,19H2. The summed E-state index contributed by atoms with van der Waals surface area (Å²) in [7, 11) is 0. The number of hydrogen-bond donors (Lipinski definition) is 1. The highest BCUT2D eigenvalue weighted by molar-refractivity contribution is 5.82. The summed E-state index contributed by atoms with van der Waals surface area (Å²) in [6.07, 6.45) is -3.83. The Balaban J connectivity index is 1.87. The van der Waals surface area contributed by atoms with Crippen molar-refractivity contribution < 1.29 is 18.0 Å². The van der Waals surface area contributed by atoms with Gasteiger partial charge in [-0.25, -0.2) is 0 Å². The van der Waals surface area contributed by atoms with Gasteiger partial charge in [0.25, 0.3) is 0 Å². The predicted octanol–water partition coefficient (Wildman–Crippen LogP) is 2.36. The molecule has 3 nitrogen and oxygen atoms in total. The lowest BCUT2D eigenvalue weighted by atomic mass is 9.95. The van der Waals surface area contributed by atoms with E-state index in [2.05, 4.69) is 0 Å². The first-order chi connectivity index (χ1) is 9.88. The highest BCUT2D eigenvalue weighted by atomic mass is 19.4. The molecule has 2 N–H and O–H groups in total. The fourth-order valence-electron chi connectivity index (χ4n) is 2.62. The van der Waals surface area contributed by atoms with Gasteiger partial charge in [-0.15, -0.1) is 0 Å². The molecule has 1 aliphatic heterocycles. The zero-order valence-electron chi connectivity index (χ0n) is 11.6. The van der Waals surface area contributed by atoms with Crippen molar-refractivity contribution in [3.05, 3.63) is 35.9 Å². The van der Waals surface area contributed by atoms with E-state index in [-0.39, 0.29) is 31.8 Å². The number of rotatable bonds is 3. The topological polar surface area (TPSA) is 46.3 Å². The average molecular weight is 300 g/mol. The molecule has 1 fully saturated rings. The molecule has 0 radical (unpaired) electrons. The van der Waals surface area contributed by atoms with Gasteiger partial charge >= 0.3 is 6.18 Å². The lowest BCUT2D eigenvalue weighted by molar-refractivity contribution is -0.186. The minimum Gasteiger partial charge on any atom is -0.341 e. The third kappa shape index (κ3) is 4.20. The normalized spacial score (nSPS) is 18.6. The molecule has 2 rings (SSSR count). The van der Waals surface area contributed by atoms with Crippen LogP contribution in [-0.4, -0.2) is 36.1 Å². The molecular weight excluding hydrogens is 281 g/mol. The number of benzene rings is 1. The number of amides is 1. The van der Waals surface area contributed by atoms with Crippen LogP contribution in [0.15, 0.2) is 30.3 Å². The number of piperidine rings is 1. The zero-order chi connectivity index (χ0) is 15.5. The molecule has 116 valence electrons. The molecule has 0 aromatic heterocycles. The molecule has 0 aliphatic carbocycles. The Morgan fingerprint density at radius 1 is 1.24 bits per heavy atom. The zero-order valence-corrected chi connectivity index (χ0v) is 11.6. The van der Waals surface area contributed by atoms with Gasteiger partial charge in [0, 0.05) is 13.1 Å². The second kappa shape index (κ2) is 6.47. The summed E-state index contributed by atoms with van der Waals surface area (Å²) in [4.78, 5) is 13.6. The Bertz CT molecular complexity index is 468. The molecule has 1 atom stereocenters. The fraction of sp³-hybridized carbons (Fsp3) is 0.533. The number of alkyl halides is 3. The summed E-state index contributed by atoms with van der Waals surface area (Å²) in [5.74, 6) is -1.56. The Morgan fingerprint density at radius 3 is 2.33 bits per heavy atom. The molecule has 1 unspecified atom stereocenters. The van der Waals surface area contributed by atoms with E-state index >= 15 is 0 Å². The Labute approximate surface area is 121 Å². The molecule has 1 heterocycles. The highest BCUT2D eigenvalue weighted by Gasteiger charge is 2.42. The smallest absolute Gasteiger partial charge is 0.341 e. The van der Waals surface area contributed by atoms with Crippen LogP contribution in [0.3, 0.4) is 0 Å². The minimum absolute atomic E-state index is 0.0344. The van der Waals surface area contributed by atoms with Crippen LogP contribution >= 0.6 is 0 Å². The molecule has 1 aromatic carbocycles. The number of carbonyl (C=O) groups excluding carboxylic acids is 1. The Kier molecular flexibility index (Phi) is 4.88. The Morgan fingerprint density at radius 2 is 1.81 bits per heavy atom. The first kappa shape index (κ1) is 15.8. The van der Waals surface area contributed by atoms with Gasteiger partial charge in [-0.1, -0.05) is 30.3 Å². The number of halogens is 3. The number of nitrogens with zero attached hydrogens (tertiary/aromatic N) is 1. The van der Waals surface area contributed by atoms with E-state index in [4.69, 9.17) is 5.73 Å². The van der Waals surface area contributed by atoms with Crippen molar-refractivity contribution in [2.45, 2.75) is 31.5 Å². The van der Waals surface area contributed by atoms with Crippen LogP contribution in [0.25, 0.3) is 0 Å². The van der Waals surface area contributed by atoms with Crippen molar-refractivity contribution >= 4 is 5.91 Å². The van der Waals surface area contributed by atoms with Crippen molar-refractivity contribution in [3.63, 3.8) is 0 Å². The third-order valence-corrected chi connectivity index (χ3v) is 3.89. The second-order valence-electron chi connectivity index (χ2n) is 5.44. The number of hydrogen-bond acceptors (Lipinski definition) is 2. The lowest BCUT2D eigenvalue weighted by Crippen LogP contribution is -2.49. The SMILES string of the molecule is NC(Cc1ccccc1)C(=O)N1CCC(C(F)(F)F)CC1. The molecule has 0 bridgehead atoms. The van der Waals surface area contributed by atoms with Gasteiger partial charge in [0.05, 0.1) is 12.0 Å². The summed E-state index contributed by atoms with van der Waals surface area (Å²) < 4.78 is 37.8. The van der Waals surface area contributed by atoms with E-state index in [1.807, 2.05) is 30.3 Å². The third-order valence-electron chi connectivity index (χ3n) is 3.89. The van der Waals surface area contributed by atoms with Crippen molar-refractivity contribution in [2.24, 2.45) is 11.7 Å². The molecular formula is C15H19F3N2O. The maximum atomic E-state index is 12.6. The fourth-order valence-corrected chi connectivity index (χ4v) is 2.62. The van der Waals surface area contributed by atoms with Crippen LogP contribution in [0, 0.1) is 5.92 Å². The van der Waals surface area contributed by atoms with Gasteiger partial charge in [0.2, 0.25) is 5.91 Å². The maximum Gasteiger partial charge on any atom is 0.391 e. The van der Waals surface area contributed by atoms with Crippen LogP contribution in [0.2, 0.25) is 0 Å². The van der Waals surface area contributed by atoms with E-state index in [9.17, 15) is 18.0 Å². The summed E-state index contributed by atoms with van der Waals surface area (Å²) in [5, 5.41) is 0. The average Bonchev–Trinajstić information content (AvgIpc) is 2.46. The van der Waals surface area contributed by atoms with Gasteiger partial charge < -0.3 is 10.6 Å². The lowest BCUT2D eigenvalue weighted by Gasteiger charge is -2.34. The van der Waals surface area contributed by atoms with Crippen LogP contribution in [0.5, 0.6) is 0 Å². The summed E-state index contributed by atoms with van der Waals surface area (Å²) in [6.45, 7) is 0.261. The first-order valence-corrected chi connectivity index (χ1v) is 7.03.